The Hall–Kier alpha value is 0.788. The predicted molar refractivity (Wildman–Crippen MR) is 98.0 cm³/mol. The lowest BCUT2D eigenvalue weighted by atomic mass is 10.9. The Balaban J connectivity index is 5.09. The molecule has 0 aromatic rings. The van der Waals surface area contributed by atoms with Gasteiger partial charge in [-0.25, -0.2) is 0 Å². The van der Waals surface area contributed by atoms with E-state index >= 15 is 0 Å². The molecule has 0 aromatic carbocycles. The summed E-state index contributed by atoms with van der Waals surface area (Å²) in [5, 5.41) is 0. The van der Waals surface area contributed by atoms with Crippen LogP contribution < -0.4 is 0 Å². The van der Waals surface area contributed by atoms with Crippen molar-refractivity contribution in [2.24, 2.45) is 0 Å². The standard InChI is InChI=1S/C13H36O2Si4/c1-11-14-18(7,8)16(3,4)13-17(5,6)19(9,10)15-12-2/h11-13H2,1-10H3. The summed E-state index contributed by atoms with van der Waals surface area (Å²) in [6.45, 7) is 26.0. The zero-order valence-electron chi connectivity index (χ0n) is 14.9. The van der Waals surface area contributed by atoms with Gasteiger partial charge < -0.3 is 8.85 Å². The first-order valence-electron chi connectivity index (χ1n) is 7.61. The molecule has 0 rings (SSSR count). The third-order valence-electron chi connectivity index (χ3n) is 5.15. The van der Waals surface area contributed by atoms with Crippen molar-refractivity contribution >= 4 is 30.9 Å². The molecule has 0 N–H and O–H groups in total. The number of rotatable bonds is 8. The van der Waals surface area contributed by atoms with Crippen molar-refractivity contribution in [3.05, 3.63) is 0 Å². The van der Waals surface area contributed by atoms with E-state index in [0.717, 1.165) is 13.2 Å². The summed E-state index contributed by atoms with van der Waals surface area (Å²) in [7, 11) is -5.59. The van der Waals surface area contributed by atoms with Crippen LogP contribution in [0.1, 0.15) is 13.8 Å². The van der Waals surface area contributed by atoms with Crippen LogP contribution in [0.25, 0.3) is 0 Å². The Bertz CT molecular complexity index is 260. The Labute approximate surface area is 125 Å². The minimum Gasteiger partial charge on any atom is -0.420 e. The maximum absolute atomic E-state index is 6.21. The van der Waals surface area contributed by atoms with E-state index in [9.17, 15) is 0 Å². The van der Waals surface area contributed by atoms with E-state index in [1.54, 1.807) is 0 Å². The molecule has 0 amide bonds. The van der Waals surface area contributed by atoms with Gasteiger partial charge in [-0.1, -0.05) is 31.9 Å². The highest BCUT2D eigenvalue weighted by atomic mass is 29.3. The topological polar surface area (TPSA) is 18.5 Å². The van der Waals surface area contributed by atoms with Crippen LogP contribution in [-0.4, -0.2) is 44.1 Å². The van der Waals surface area contributed by atoms with Crippen LogP contribution in [-0.2, 0) is 8.85 Å². The molecule has 0 aromatic heterocycles. The minimum absolute atomic E-state index is 0.879. The first-order chi connectivity index (χ1) is 8.33. The molecule has 0 saturated carbocycles. The first kappa shape index (κ1) is 19.8. The molecule has 0 bridgehead atoms. The van der Waals surface area contributed by atoms with E-state index in [2.05, 4.69) is 66.2 Å². The van der Waals surface area contributed by atoms with Gasteiger partial charge in [-0.3, -0.25) is 0 Å². The summed E-state index contributed by atoms with van der Waals surface area (Å²) >= 11 is 0. The normalized spacial score (nSPS) is 14.8. The summed E-state index contributed by atoms with van der Waals surface area (Å²) < 4.78 is 12.4. The van der Waals surface area contributed by atoms with Crippen molar-refractivity contribution < 1.29 is 8.85 Å². The molecule has 0 saturated heterocycles. The summed E-state index contributed by atoms with van der Waals surface area (Å²) in [5.74, 6) is 0. The highest BCUT2D eigenvalue weighted by Crippen LogP contribution is 2.34. The average Bonchev–Trinajstić information content (AvgIpc) is 2.14. The van der Waals surface area contributed by atoms with E-state index in [0.29, 0.717) is 0 Å². The van der Waals surface area contributed by atoms with Crippen molar-refractivity contribution in [3.63, 3.8) is 0 Å². The largest absolute Gasteiger partial charge is 0.420 e. The second kappa shape index (κ2) is 6.70. The molecule has 0 unspecified atom stereocenters. The summed E-state index contributed by atoms with van der Waals surface area (Å²) in [6, 6.07) is 0. The molecule has 2 nitrogen and oxygen atoms in total. The van der Waals surface area contributed by atoms with Gasteiger partial charge in [0, 0.05) is 13.2 Å². The maximum atomic E-state index is 6.21. The van der Waals surface area contributed by atoms with Crippen LogP contribution in [0.2, 0.25) is 58.0 Å². The summed E-state index contributed by atoms with van der Waals surface area (Å²) in [5.41, 5.74) is 1.46. The van der Waals surface area contributed by atoms with Gasteiger partial charge in [0.1, 0.15) is 0 Å². The van der Waals surface area contributed by atoms with Crippen LogP contribution in [0.15, 0.2) is 0 Å². The Kier molecular flexibility index (Phi) is 6.98. The smallest absolute Gasteiger partial charge is 0.173 e. The highest BCUT2D eigenvalue weighted by Gasteiger charge is 2.51. The van der Waals surface area contributed by atoms with Crippen molar-refractivity contribution in [1.82, 2.24) is 0 Å². The average molecular weight is 337 g/mol. The van der Waals surface area contributed by atoms with Gasteiger partial charge in [-0.2, -0.15) is 0 Å². The van der Waals surface area contributed by atoms with Crippen LogP contribution >= 0.6 is 0 Å². The van der Waals surface area contributed by atoms with E-state index < -0.39 is 30.9 Å². The van der Waals surface area contributed by atoms with Crippen molar-refractivity contribution in [1.29, 1.82) is 0 Å². The van der Waals surface area contributed by atoms with E-state index in [1.807, 2.05) is 0 Å². The highest BCUT2D eigenvalue weighted by molar-refractivity contribution is 7.48. The van der Waals surface area contributed by atoms with Crippen LogP contribution in [0.3, 0.4) is 0 Å². The molecule has 116 valence electrons. The quantitative estimate of drug-likeness (QED) is 0.604. The molecule has 0 aliphatic heterocycles. The van der Waals surface area contributed by atoms with Crippen molar-refractivity contribution in [2.45, 2.75) is 71.9 Å². The van der Waals surface area contributed by atoms with Gasteiger partial charge in [-0.15, -0.1) is 0 Å². The predicted octanol–water partition coefficient (Wildman–Crippen LogP) is 4.58. The fourth-order valence-corrected chi connectivity index (χ4v) is 37.5. The maximum Gasteiger partial charge on any atom is 0.173 e. The van der Waals surface area contributed by atoms with E-state index in [4.69, 9.17) is 8.85 Å². The van der Waals surface area contributed by atoms with Gasteiger partial charge in [0.25, 0.3) is 0 Å². The zero-order chi connectivity index (χ0) is 15.5. The van der Waals surface area contributed by atoms with Crippen molar-refractivity contribution in [2.75, 3.05) is 13.2 Å². The molecule has 19 heavy (non-hydrogen) atoms. The van der Waals surface area contributed by atoms with Crippen molar-refractivity contribution in [3.8, 4) is 0 Å². The fourth-order valence-electron chi connectivity index (χ4n) is 2.64. The molecule has 0 spiro atoms. The van der Waals surface area contributed by atoms with Crippen LogP contribution in [0.4, 0.5) is 0 Å². The first-order valence-corrected chi connectivity index (χ1v) is 21.8. The van der Waals surface area contributed by atoms with Crippen LogP contribution in [0, 0.1) is 0 Å². The second-order valence-electron chi connectivity index (χ2n) is 7.83. The minimum atomic E-state index is -1.50. The summed E-state index contributed by atoms with van der Waals surface area (Å²) in [6.07, 6.45) is 0. The lowest BCUT2D eigenvalue weighted by Crippen LogP contribution is -2.66. The van der Waals surface area contributed by atoms with Gasteiger partial charge in [0.15, 0.2) is 15.7 Å². The third-order valence-corrected chi connectivity index (χ3v) is 44.4. The van der Waals surface area contributed by atoms with Gasteiger partial charge in [-0.05, 0) is 40.0 Å². The van der Waals surface area contributed by atoms with E-state index in [-0.39, 0.29) is 0 Å². The third kappa shape index (κ3) is 4.93. The Morgan fingerprint density at radius 2 is 0.842 bits per heavy atom. The van der Waals surface area contributed by atoms with Gasteiger partial charge in [0.2, 0.25) is 0 Å². The number of hydrogen-bond acceptors (Lipinski definition) is 2. The number of hydrogen-bond donors (Lipinski definition) is 0. The molecule has 0 heterocycles. The molecule has 0 fully saturated rings. The molecular formula is C13H36O2Si4. The monoisotopic (exact) mass is 336 g/mol. The molecule has 0 aliphatic rings. The fraction of sp³-hybridized carbons (Fsp3) is 1.00. The molecule has 0 atom stereocenters. The molecule has 0 aliphatic carbocycles. The molecule has 6 heteroatoms. The van der Waals surface area contributed by atoms with Gasteiger partial charge >= 0.3 is 0 Å². The van der Waals surface area contributed by atoms with Crippen LogP contribution in [0.5, 0.6) is 0 Å². The van der Waals surface area contributed by atoms with E-state index in [1.165, 1.54) is 5.67 Å². The zero-order valence-corrected chi connectivity index (χ0v) is 18.9. The molecular weight excluding hydrogens is 300 g/mol. The molecule has 0 radical (unpaired) electrons. The lowest BCUT2D eigenvalue weighted by Gasteiger charge is -2.46. The lowest BCUT2D eigenvalue weighted by molar-refractivity contribution is 0.341. The Morgan fingerprint density at radius 1 is 0.579 bits per heavy atom. The SMILES string of the molecule is CCO[Si](C)(C)[Si](C)(C)C[Si](C)(C)[Si](C)(C)OCC. The second-order valence-corrected chi connectivity index (χ2v) is 38.7. The Morgan fingerprint density at radius 3 is 1.05 bits per heavy atom. The van der Waals surface area contributed by atoms with Gasteiger partial charge in [0.05, 0.1) is 15.2 Å². The summed E-state index contributed by atoms with van der Waals surface area (Å²) in [4.78, 5) is 0.